The van der Waals surface area contributed by atoms with Crippen LogP contribution in [0.15, 0.2) is 12.3 Å². The number of anilines is 2. The third kappa shape index (κ3) is 2.39. The van der Waals surface area contributed by atoms with E-state index in [9.17, 15) is 0 Å². The second-order valence-corrected chi connectivity index (χ2v) is 4.86. The van der Waals surface area contributed by atoms with Crippen LogP contribution in [0.5, 0.6) is 0 Å². The SMILES string of the molecule is CC1CN(c2ncc(N)cc2Cl)CC(C)N1. The molecule has 1 saturated heterocycles. The Morgan fingerprint density at radius 3 is 2.62 bits per heavy atom. The minimum atomic E-state index is 0.444. The van der Waals surface area contributed by atoms with E-state index in [1.165, 1.54) is 0 Å². The van der Waals surface area contributed by atoms with E-state index < -0.39 is 0 Å². The number of nitrogen functional groups attached to an aromatic ring is 1. The van der Waals surface area contributed by atoms with Crippen molar-refractivity contribution in [2.75, 3.05) is 23.7 Å². The van der Waals surface area contributed by atoms with Crippen LogP contribution in [0.4, 0.5) is 11.5 Å². The van der Waals surface area contributed by atoms with Gasteiger partial charge in [-0.1, -0.05) is 11.6 Å². The Bertz CT molecular complexity index is 372. The van der Waals surface area contributed by atoms with Crippen molar-refractivity contribution in [1.82, 2.24) is 10.3 Å². The fourth-order valence-corrected chi connectivity index (χ4v) is 2.47. The van der Waals surface area contributed by atoms with Crippen molar-refractivity contribution in [2.45, 2.75) is 25.9 Å². The Morgan fingerprint density at radius 2 is 2.06 bits per heavy atom. The van der Waals surface area contributed by atoms with E-state index in [0.29, 0.717) is 22.8 Å². The quantitative estimate of drug-likeness (QED) is 0.781. The minimum absolute atomic E-state index is 0.444. The van der Waals surface area contributed by atoms with Crippen molar-refractivity contribution >= 4 is 23.1 Å². The molecule has 0 radical (unpaired) electrons. The molecule has 3 N–H and O–H groups in total. The van der Waals surface area contributed by atoms with Crippen LogP contribution in [0.2, 0.25) is 5.02 Å². The monoisotopic (exact) mass is 240 g/mol. The van der Waals surface area contributed by atoms with Crippen LogP contribution in [-0.4, -0.2) is 30.2 Å². The largest absolute Gasteiger partial charge is 0.397 e. The van der Waals surface area contributed by atoms with E-state index in [2.05, 4.69) is 29.0 Å². The fourth-order valence-electron chi connectivity index (χ4n) is 2.18. The van der Waals surface area contributed by atoms with Gasteiger partial charge in [0.05, 0.1) is 16.9 Å². The Hall–Kier alpha value is -1.00. The first kappa shape index (κ1) is 11.5. The van der Waals surface area contributed by atoms with Gasteiger partial charge in [0.25, 0.3) is 0 Å². The summed E-state index contributed by atoms with van der Waals surface area (Å²) in [4.78, 5) is 6.51. The lowest BCUT2D eigenvalue weighted by Gasteiger charge is -2.37. The van der Waals surface area contributed by atoms with Gasteiger partial charge < -0.3 is 16.0 Å². The van der Waals surface area contributed by atoms with E-state index in [1.54, 1.807) is 12.3 Å². The maximum atomic E-state index is 6.15. The molecule has 0 aromatic carbocycles. The second-order valence-electron chi connectivity index (χ2n) is 4.45. The van der Waals surface area contributed by atoms with Gasteiger partial charge >= 0.3 is 0 Å². The summed E-state index contributed by atoms with van der Waals surface area (Å²) in [5.74, 6) is 0.830. The number of pyridine rings is 1. The van der Waals surface area contributed by atoms with Crippen LogP contribution in [0.3, 0.4) is 0 Å². The maximum Gasteiger partial charge on any atom is 0.147 e. The third-order valence-corrected chi connectivity index (χ3v) is 2.98. The fraction of sp³-hybridized carbons (Fsp3) is 0.545. The average molecular weight is 241 g/mol. The molecule has 5 heteroatoms. The number of nitrogens with zero attached hydrogens (tertiary/aromatic N) is 2. The first-order valence-electron chi connectivity index (χ1n) is 5.48. The van der Waals surface area contributed by atoms with E-state index >= 15 is 0 Å². The lowest BCUT2D eigenvalue weighted by atomic mass is 10.1. The van der Waals surface area contributed by atoms with E-state index in [1.807, 2.05) is 0 Å². The van der Waals surface area contributed by atoms with Crippen molar-refractivity contribution in [2.24, 2.45) is 0 Å². The van der Waals surface area contributed by atoms with E-state index in [-0.39, 0.29) is 0 Å². The molecule has 0 amide bonds. The Balaban J connectivity index is 2.23. The molecule has 1 aromatic rings. The van der Waals surface area contributed by atoms with Crippen LogP contribution < -0.4 is 16.0 Å². The molecule has 0 bridgehead atoms. The lowest BCUT2D eigenvalue weighted by molar-refractivity contribution is 0.405. The zero-order valence-electron chi connectivity index (χ0n) is 9.57. The number of rotatable bonds is 1. The predicted octanol–water partition coefficient (Wildman–Crippen LogP) is 1.50. The van der Waals surface area contributed by atoms with E-state index in [0.717, 1.165) is 18.9 Å². The van der Waals surface area contributed by atoms with Gasteiger partial charge in [0.15, 0.2) is 0 Å². The molecule has 1 fully saturated rings. The van der Waals surface area contributed by atoms with Crippen LogP contribution in [0, 0.1) is 0 Å². The normalized spacial score (nSPS) is 25.8. The molecule has 0 saturated carbocycles. The van der Waals surface area contributed by atoms with Crippen molar-refractivity contribution in [3.63, 3.8) is 0 Å². The smallest absolute Gasteiger partial charge is 0.147 e. The maximum absolute atomic E-state index is 6.15. The molecular weight excluding hydrogens is 224 g/mol. The molecule has 2 heterocycles. The highest BCUT2D eigenvalue weighted by molar-refractivity contribution is 6.33. The summed E-state index contributed by atoms with van der Waals surface area (Å²) in [7, 11) is 0. The standard InChI is InChI=1S/C11H17ClN4/c1-7-5-16(6-8(2)15-7)11-10(12)3-9(13)4-14-11/h3-4,7-8,15H,5-6,13H2,1-2H3. The van der Waals surface area contributed by atoms with Gasteiger partial charge in [0, 0.05) is 25.2 Å². The van der Waals surface area contributed by atoms with Crippen molar-refractivity contribution in [3.8, 4) is 0 Å². The summed E-state index contributed by atoms with van der Waals surface area (Å²) in [6.07, 6.45) is 1.65. The van der Waals surface area contributed by atoms with Gasteiger partial charge in [-0.15, -0.1) is 0 Å². The van der Waals surface area contributed by atoms with Gasteiger partial charge in [0.2, 0.25) is 0 Å². The number of nitrogens with one attached hydrogen (secondary N) is 1. The minimum Gasteiger partial charge on any atom is -0.397 e. The summed E-state index contributed by atoms with van der Waals surface area (Å²) in [5.41, 5.74) is 6.24. The molecule has 88 valence electrons. The zero-order chi connectivity index (χ0) is 11.7. The Morgan fingerprint density at radius 1 is 1.44 bits per heavy atom. The first-order valence-corrected chi connectivity index (χ1v) is 5.86. The van der Waals surface area contributed by atoms with Gasteiger partial charge in [-0.05, 0) is 19.9 Å². The van der Waals surface area contributed by atoms with Crippen molar-refractivity contribution in [1.29, 1.82) is 0 Å². The molecule has 1 aromatic heterocycles. The zero-order valence-corrected chi connectivity index (χ0v) is 10.3. The Labute approximate surface area is 101 Å². The summed E-state index contributed by atoms with van der Waals surface area (Å²) in [5, 5.41) is 4.10. The number of halogens is 1. The van der Waals surface area contributed by atoms with Gasteiger partial charge in [0.1, 0.15) is 5.82 Å². The molecule has 16 heavy (non-hydrogen) atoms. The molecule has 2 atom stereocenters. The van der Waals surface area contributed by atoms with Gasteiger partial charge in [-0.3, -0.25) is 0 Å². The molecule has 1 aliphatic heterocycles. The number of nitrogens with two attached hydrogens (primary N) is 1. The summed E-state index contributed by atoms with van der Waals surface area (Å²) in [6, 6.07) is 2.64. The molecule has 2 rings (SSSR count). The van der Waals surface area contributed by atoms with Gasteiger partial charge in [-0.25, -0.2) is 4.98 Å². The average Bonchev–Trinajstić information content (AvgIpc) is 2.15. The first-order chi connectivity index (χ1) is 7.56. The number of hydrogen-bond acceptors (Lipinski definition) is 4. The number of aromatic nitrogens is 1. The third-order valence-electron chi connectivity index (χ3n) is 2.70. The van der Waals surface area contributed by atoms with Crippen LogP contribution in [0.25, 0.3) is 0 Å². The number of hydrogen-bond donors (Lipinski definition) is 2. The summed E-state index contributed by atoms with van der Waals surface area (Å²) in [6.45, 7) is 6.16. The highest BCUT2D eigenvalue weighted by atomic mass is 35.5. The van der Waals surface area contributed by atoms with Crippen LogP contribution in [-0.2, 0) is 0 Å². The molecule has 4 nitrogen and oxygen atoms in total. The predicted molar refractivity (Wildman–Crippen MR) is 67.9 cm³/mol. The summed E-state index contributed by atoms with van der Waals surface area (Å²) >= 11 is 6.15. The topological polar surface area (TPSA) is 54.2 Å². The van der Waals surface area contributed by atoms with Crippen molar-refractivity contribution < 1.29 is 0 Å². The van der Waals surface area contributed by atoms with Gasteiger partial charge in [-0.2, -0.15) is 0 Å². The molecule has 0 aliphatic carbocycles. The van der Waals surface area contributed by atoms with E-state index in [4.69, 9.17) is 17.3 Å². The molecule has 1 aliphatic rings. The molecular formula is C11H17ClN4. The Kier molecular flexibility index (Phi) is 3.21. The second kappa shape index (κ2) is 4.47. The lowest BCUT2D eigenvalue weighted by Crippen LogP contribution is -2.54. The molecule has 0 spiro atoms. The van der Waals surface area contributed by atoms with Crippen LogP contribution in [0.1, 0.15) is 13.8 Å². The highest BCUT2D eigenvalue weighted by Crippen LogP contribution is 2.26. The summed E-state index contributed by atoms with van der Waals surface area (Å²) < 4.78 is 0. The van der Waals surface area contributed by atoms with Crippen molar-refractivity contribution in [3.05, 3.63) is 17.3 Å². The van der Waals surface area contributed by atoms with Crippen LogP contribution >= 0.6 is 11.6 Å². The molecule has 2 unspecified atom stereocenters. The number of piperazine rings is 1. The highest BCUT2D eigenvalue weighted by Gasteiger charge is 2.23.